The van der Waals surface area contributed by atoms with Crippen molar-refractivity contribution in [2.75, 3.05) is 7.11 Å². The van der Waals surface area contributed by atoms with Crippen LogP contribution in [0.2, 0.25) is 0 Å². The number of halogens is 1. The molecule has 0 aliphatic carbocycles. The summed E-state index contributed by atoms with van der Waals surface area (Å²) < 4.78 is 19.4. The van der Waals surface area contributed by atoms with Crippen molar-refractivity contribution in [1.29, 1.82) is 0 Å². The van der Waals surface area contributed by atoms with Crippen LogP contribution >= 0.6 is 0 Å². The molecular weight excluding hydrogens is 421 g/mol. The lowest BCUT2D eigenvalue weighted by atomic mass is 10.0. The van der Waals surface area contributed by atoms with Crippen LogP contribution in [-0.4, -0.2) is 42.2 Å². The van der Waals surface area contributed by atoms with Gasteiger partial charge in [-0.3, -0.25) is 5.10 Å². The minimum atomic E-state index is -0.378. The van der Waals surface area contributed by atoms with Gasteiger partial charge >= 0.3 is 0 Å². The average molecular weight is 437 g/mol. The Labute approximate surface area is 186 Å². The number of hydrogen-bond donors (Lipinski definition) is 2. The number of methoxy groups -OCH3 is 1. The lowest BCUT2D eigenvalue weighted by Crippen LogP contribution is -1.88. The number of nitrogens with zero attached hydrogens (tertiary/aromatic N) is 5. The van der Waals surface area contributed by atoms with E-state index in [0.717, 1.165) is 27.9 Å². The normalized spacial score (nSPS) is 11.3. The van der Waals surface area contributed by atoms with Gasteiger partial charge in [0.25, 0.3) is 0 Å². The zero-order valence-electron chi connectivity index (χ0n) is 17.4. The molecule has 0 bridgehead atoms. The number of H-pyrrole nitrogens is 2. The highest BCUT2D eigenvalue weighted by Gasteiger charge is 2.17. The number of para-hydroxylation sites is 1. The van der Waals surface area contributed by atoms with Crippen LogP contribution in [0.1, 0.15) is 0 Å². The summed E-state index contributed by atoms with van der Waals surface area (Å²) >= 11 is 0. The Bertz CT molecular complexity index is 1620. The molecule has 2 N–H and O–H groups in total. The smallest absolute Gasteiger partial charge is 0.161 e. The van der Waals surface area contributed by atoms with Crippen molar-refractivity contribution in [2.45, 2.75) is 0 Å². The SMILES string of the molecule is COc1cc(F)cc(-c2cccc3[nH]c(-c4n[nH]c5ccc(-c6cncnc6)nc45)nc23)c1. The molecule has 0 amide bonds. The Morgan fingerprint density at radius 2 is 1.76 bits per heavy atom. The standard InChI is InChI=1S/C24H16FN7O/c1-33-16-8-13(7-15(25)9-16)17-3-2-4-19-21(17)30-24(29-19)23-22-20(31-32-23)6-5-18(28-22)14-10-26-12-27-11-14/h2-12H,1H3,(H,29,30)(H,31,32). The van der Waals surface area contributed by atoms with E-state index in [2.05, 4.69) is 25.1 Å². The number of nitrogens with one attached hydrogen (secondary N) is 2. The topological polar surface area (TPSA) is 105 Å². The molecule has 8 nitrogen and oxygen atoms in total. The van der Waals surface area contributed by atoms with Crippen LogP contribution in [0, 0.1) is 5.82 Å². The zero-order chi connectivity index (χ0) is 22.4. The number of hydrogen-bond acceptors (Lipinski definition) is 6. The minimum Gasteiger partial charge on any atom is -0.497 e. The van der Waals surface area contributed by atoms with Gasteiger partial charge in [-0.15, -0.1) is 0 Å². The van der Waals surface area contributed by atoms with Gasteiger partial charge in [0, 0.05) is 29.6 Å². The highest BCUT2D eigenvalue weighted by molar-refractivity contribution is 5.96. The van der Waals surface area contributed by atoms with Gasteiger partial charge in [-0.25, -0.2) is 24.3 Å². The summed E-state index contributed by atoms with van der Waals surface area (Å²) in [6, 6.07) is 14.1. The Hall–Kier alpha value is -4.66. The van der Waals surface area contributed by atoms with Gasteiger partial charge in [0.1, 0.15) is 23.4 Å². The van der Waals surface area contributed by atoms with Gasteiger partial charge in [-0.1, -0.05) is 12.1 Å². The fraction of sp³-hybridized carbons (Fsp3) is 0.0417. The van der Waals surface area contributed by atoms with E-state index in [4.69, 9.17) is 14.7 Å². The minimum absolute atomic E-state index is 0.378. The van der Waals surface area contributed by atoms with E-state index in [1.54, 1.807) is 18.5 Å². The quantitative estimate of drug-likeness (QED) is 0.411. The molecule has 6 rings (SSSR count). The molecule has 0 atom stereocenters. The predicted octanol–water partition coefficient (Wildman–Crippen LogP) is 4.77. The molecule has 0 spiro atoms. The van der Waals surface area contributed by atoms with Gasteiger partial charge < -0.3 is 9.72 Å². The first kappa shape index (κ1) is 19.1. The first-order chi connectivity index (χ1) is 16.2. The number of benzene rings is 2. The number of aromatic nitrogens is 7. The van der Waals surface area contributed by atoms with E-state index in [1.165, 1.54) is 25.6 Å². The second-order valence-corrected chi connectivity index (χ2v) is 7.46. The molecule has 9 heteroatoms. The first-order valence-corrected chi connectivity index (χ1v) is 10.1. The van der Waals surface area contributed by atoms with E-state index < -0.39 is 0 Å². The van der Waals surface area contributed by atoms with Crippen molar-refractivity contribution in [3.8, 4) is 39.7 Å². The van der Waals surface area contributed by atoms with Crippen molar-refractivity contribution in [3.63, 3.8) is 0 Å². The van der Waals surface area contributed by atoms with Crippen LogP contribution in [0.5, 0.6) is 5.75 Å². The van der Waals surface area contributed by atoms with Crippen molar-refractivity contribution in [1.82, 2.24) is 35.1 Å². The Balaban J connectivity index is 1.50. The van der Waals surface area contributed by atoms with Crippen molar-refractivity contribution >= 4 is 22.1 Å². The molecular formula is C24H16FN7O. The Morgan fingerprint density at radius 1 is 0.879 bits per heavy atom. The van der Waals surface area contributed by atoms with Crippen LogP contribution in [0.15, 0.2) is 67.3 Å². The second kappa shape index (κ2) is 7.49. The summed E-state index contributed by atoms with van der Waals surface area (Å²) in [6.45, 7) is 0. The lowest BCUT2D eigenvalue weighted by molar-refractivity contribution is 0.411. The van der Waals surface area contributed by atoms with Crippen LogP contribution in [0.3, 0.4) is 0 Å². The second-order valence-electron chi connectivity index (χ2n) is 7.46. The van der Waals surface area contributed by atoms with Crippen molar-refractivity contribution in [3.05, 3.63) is 73.1 Å². The Morgan fingerprint density at radius 3 is 2.61 bits per heavy atom. The Kier molecular flexibility index (Phi) is 4.32. The highest BCUT2D eigenvalue weighted by Crippen LogP contribution is 2.33. The summed E-state index contributed by atoms with van der Waals surface area (Å²) in [5.74, 6) is 0.621. The predicted molar refractivity (Wildman–Crippen MR) is 122 cm³/mol. The van der Waals surface area contributed by atoms with Crippen LogP contribution in [-0.2, 0) is 0 Å². The molecule has 0 saturated heterocycles. The number of imidazole rings is 1. The maximum atomic E-state index is 14.1. The summed E-state index contributed by atoms with van der Waals surface area (Å²) in [4.78, 5) is 21.0. The summed E-state index contributed by atoms with van der Waals surface area (Å²) in [5.41, 5.74) is 6.52. The van der Waals surface area contributed by atoms with E-state index in [-0.39, 0.29) is 5.82 Å². The highest BCUT2D eigenvalue weighted by atomic mass is 19.1. The molecule has 0 aliphatic heterocycles. The molecule has 33 heavy (non-hydrogen) atoms. The van der Waals surface area contributed by atoms with E-state index in [9.17, 15) is 4.39 Å². The molecule has 0 radical (unpaired) electrons. The van der Waals surface area contributed by atoms with E-state index in [0.29, 0.717) is 33.9 Å². The fourth-order valence-electron chi connectivity index (χ4n) is 3.87. The maximum absolute atomic E-state index is 14.1. The first-order valence-electron chi connectivity index (χ1n) is 10.1. The fourth-order valence-corrected chi connectivity index (χ4v) is 3.87. The van der Waals surface area contributed by atoms with Gasteiger partial charge in [-0.05, 0) is 35.9 Å². The third-order valence-electron chi connectivity index (χ3n) is 5.42. The van der Waals surface area contributed by atoms with Gasteiger partial charge in [0.2, 0.25) is 0 Å². The van der Waals surface area contributed by atoms with Crippen LogP contribution in [0.25, 0.3) is 56.0 Å². The number of ether oxygens (including phenoxy) is 1. The number of pyridine rings is 1. The number of aromatic amines is 2. The average Bonchev–Trinajstić information content (AvgIpc) is 3.47. The van der Waals surface area contributed by atoms with Crippen LogP contribution < -0.4 is 4.74 Å². The summed E-state index contributed by atoms with van der Waals surface area (Å²) in [7, 11) is 1.51. The molecule has 4 heterocycles. The third kappa shape index (κ3) is 3.26. The van der Waals surface area contributed by atoms with Crippen molar-refractivity contribution < 1.29 is 9.13 Å². The molecule has 160 valence electrons. The number of fused-ring (bicyclic) bond motifs is 2. The monoisotopic (exact) mass is 437 g/mol. The molecule has 0 aliphatic rings. The zero-order valence-corrected chi connectivity index (χ0v) is 17.4. The molecule has 0 fully saturated rings. The molecule has 2 aromatic carbocycles. The largest absolute Gasteiger partial charge is 0.497 e. The van der Waals surface area contributed by atoms with Crippen LogP contribution in [0.4, 0.5) is 4.39 Å². The number of rotatable bonds is 4. The van der Waals surface area contributed by atoms with Gasteiger partial charge in [-0.2, -0.15) is 5.10 Å². The lowest BCUT2D eigenvalue weighted by Gasteiger charge is -2.06. The summed E-state index contributed by atoms with van der Waals surface area (Å²) in [6.07, 6.45) is 4.90. The van der Waals surface area contributed by atoms with E-state index >= 15 is 0 Å². The molecule has 4 aromatic heterocycles. The van der Waals surface area contributed by atoms with Gasteiger partial charge in [0.05, 0.1) is 29.4 Å². The third-order valence-corrected chi connectivity index (χ3v) is 5.42. The van der Waals surface area contributed by atoms with Gasteiger partial charge in [0.15, 0.2) is 11.5 Å². The molecule has 6 aromatic rings. The van der Waals surface area contributed by atoms with Crippen molar-refractivity contribution in [2.24, 2.45) is 0 Å². The summed E-state index contributed by atoms with van der Waals surface area (Å²) in [5, 5.41) is 7.46. The maximum Gasteiger partial charge on any atom is 0.161 e. The molecule has 0 unspecified atom stereocenters. The molecule has 0 saturated carbocycles. The van der Waals surface area contributed by atoms with E-state index in [1.807, 2.05) is 30.3 Å².